The molecule has 2 aromatic carbocycles. The lowest BCUT2D eigenvalue weighted by Gasteiger charge is -2.18. The van der Waals surface area contributed by atoms with Gasteiger partial charge in [0.15, 0.2) is 0 Å². The quantitative estimate of drug-likeness (QED) is 0.605. The highest BCUT2D eigenvalue weighted by atomic mass is 16.2. The molecule has 0 aliphatic carbocycles. The number of allylic oxidation sites excluding steroid dienone is 3. The number of rotatable bonds is 5. The Morgan fingerprint density at radius 3 is 2.50 bits per heavy atom. The molecule has 0 bridgehead atoms. The summed E-state index contributed by atoms with van der Waals surface area (Å²) in [5, 5.41) is 0. The van der Waals surface area contributed by atoms with Crippen LogP contribution in [0.1, 0.15) is 29.8 Å². The minimum absolute atomic E-state index is 0.133. The predicted molar refractivity (Wildman–Crippen MR) is 118 cm³/mol. The fraction of sp³-hybridized carbons (Fsp3) is 0.130. The van der Waals surface area contributed by atoms with Crippen molar-refractivity contribution in [2.75, 3.05) is 17.2 Å². The topological polar surface area (TPSA) is 84.7 Å². The number of amidine groups is 1. The van der Waals surface area contributed by atoms with Gasteiger partial charge in [0.25, 0.3) is 5.91 Å². The minimum atomic E-state index is -0.133. The number of aliphatic imine (C=N–C) groups is 1. The molecule has 1 aliphatic heterocycles. The zero-order chi connectivity index (χ0) is 20.5. The summed E-state index contributed by atoms with van der Waals surface area (Å²) < 4.78 is 0. The van der Waals surface area contributed by atoms with Gasteiger partial charge >= 0.3 is 0 Å². The van der Waals surface area contributed by atoms with Crippen molar-refractivity contribution >= 4 is 23.1 Å². The molecule has 1 heterocycles. The smallest absolute Gasteiger partial charge is 0.264 e. The molecular weight excluding hydrogens is 348 g/mol. The van der Waals surface area contributed by atoms with Crippen molar-refractivity contribution in [2.45, 2.75) is 13.8 Å². The lowest BCUT2D eigenvalue weighted by Crippen LogP contribution is -2.30. The highest BCUT2D eigenvalue weighted by Crippen LogP contribution is 2.30. The third-order valence-corrected chi connectivity index (χ3v) is 3.92. The van der Waals surface area contributed by atoms with Crippen LogP contribution in [-0.4, -0.2) is 18.3 Å². The number of nitrogens with two attached hydrogens (primary N) is 2. The van der Waals surface area contributed by atoms with Crippen LogP contribution in [-0.2, 0) is 0 Å². The molecule has 144 valence electrons. The summed E-state index contributed by atoms with van der Waals surface area (Å²) in [6, 6.07) is 14.6. The van der Waals surface area contributed by atoms with Crippen LogP contribution in [0.4, 0.5) is 11.4 Å². The molecule has 0 radical (unpaired) electrons. The molecule has 0 fully saturated rings. The van der Waals surface area contributed by atoms with Crippen molar-refractivity contribution in [3.63, 3.8) is 0 Å². The van der Waals surface area contributed by atoms with Crippen molar-refractivity contribution in [1.29, 1.82) is 0 Å². The maximum Gasteiger partial charge on any atom is 0.264 e. The molecular formula is C23H26N4O. The number of nitrogen functional groups attached to an aromatic ring is 1. The molecule has 5 nitrogen and oxygen atoms in total. The first-order chi connectivity index (χ1) is 13.7. The SMILES string of the molecule is C=C/C(=C\C=C/CN)N=C1c2ccccc2C(=O)N1c1cccc(N)c1.CC. The normalized spacial score (nSPS) is 14.8. The maximum absolute atomic E-state index is 13.0. The average molecular weight is 374 g/mol. The van der Waals surface area contributed by atoms with Crippen molar-refractivity contribution in [1.82, 2.24) is 0 Å². The summed E-state index contributed by atoms with van der Waals surface area (Å²) in [5.74, 6) is 0.411. The summed E-state index contributed by atoms with van der Waals surface area (Å²) in [4.78, 5) is 19.2. The van der Waals surface area contributed by atoms with Gasteiger partial charge in [-0.25, -0.2) is 4.99 Å². The monoisotopic (exact) mass is 374 g/mol. The second-order valence-corrected chi connectivity index (χ2v) is 5.68. The molecule has 0 saturated heterocycles. The van der Waals surface area contributed by atoms with Crippen LogP contribution in [0, 0.1) is 0 Å². The lowest BCUT2D eigenvalue weighted by atomic mass is 10.1. The van der Waals surface area contributed by atoms with Gasteiger partial charge in [0, 0.05) is 17.8 Å². The van der Waals surface area contributed by atoms with Gasteiger partial charge < -0.3 is 11.5 Å². The van der Waals surface area contributed by atoms with Gasteiger partial charge in [-0.2, -0.15) is 0 Å². The summed E-state index contributed by atoms with van der Waals surface area (Å²) in [7, 11) is 0. The number of fused-ring (bicyclic) bond motifs is 1. The molecule has 3 rings (SSSR count). The van der Waals surface area contributed by atoms with E-state index in [-0.39, 0.29) is 5.91 Å². The van der Waals surface area contributed by atoms with E-state index >= 15 is 0 Å². The number of amides is 1. The van der Waals surface area contributed by atoms with Crippen LogP contribution < -0.4 is 16.4 Å². The van der Waals surface area contributed by atoms with Crippen molar-refractivity contribution in [3.8, 4) is 0 Å². The Kier molecular flexibility index (Phi) is 7.48. The van der Waals surface area contributed by atoms with E-state index in [1.54, 1.807) is 35.3 Å². The number of carbonyl (C=O) groups excluding carboxylic acids is 1. The van der Waals surface area contributed by atoms with E-state index in [2.05, 4.69) is 11.6 Å². The van der Waals surface area contributed by atoms with Gasteiger partial charge in [-0.3, -0.25) is 9.69 Å². The number of nitrogens with zero attached hydrogens (tertiary/aromatic N) is 2. The van der Waals surface area contributed by atoms with Crippen molar-refractivity contribution < 1.29 is 4.79 Å². The molecule has 0 atom stereocenters. The van der Waals surface area contributed by atoms with Crippen molar-refractivity contribution in [2.24, 2.45) is 10.7 Å². The first-order valence-electron chi connectivity index (χ1n) is 9.23. The Balaban J connectivity index is 0.00000136. The number of hydrogen-bond acceptors (Lipinski definition) is 4. The summed E-state index contributed by atoms with van der Waals surface area (Å²) in [5.41, 5.74) is 14.6. The second-order valence-electron chi connectivity index (χ2n) is 5.68. The van der Waals surface area contributed by atoms with Crippen LogP contribution in [0.5, 0.6) is 0 Å². The van der Waals surface area contributed by atoms with Gasteiger partial charge in [0.05, 0.1) is 16.9 Å². The molecule has 0 unspecified atom stereocenters. The zero-order valence-electron chi connectivity index (χ0n) is 16.3. The molecule has 0 saturated carbocycles. The number of anilines is 2. The minimum Gasteiger partial charge on any atom is -0.399 e. The molecule has 5 heteroatoms. The van der Waals surface area contributed by atoms with Gasteiger partial charge in [-0.05, 0) is 36.4 Å². The molecule has 0 spiro atoms. The first-order valence-corrected chi connectivity index (χ1v) is 9.23. The maximum atomic E-state index is 13.0. The van der Waals surface area contributed by atoms with Crippen molar-refractivity contribution in [3.05, 3.63) is 96.2 Å². The second kappa shape index (κ2) is 10.0. The fourth-order valence-electron chi connectivity index (χ4n) is 2.73. The highest BCUT2D eigenvalue weighted by Gasteiger charge is 2.34. The molecule has 4 N–H and O–H groups in total. The number of hydrogen-bond donors (Lipinski definition) is 2. The first kappa shape index (κ1) is 20.9. The van der Waals surface area contributed by atoms with Crippen LogP contribution in [0.15, 0.2) is 90.1 Å². The molecule has 1 amide bonds. The Morgan fingerprint density at radius 1 is 1.14 bits per heavy atom. The van der Waals surface area contributed by atoms with Crippen LogP contribution in [0.3, 0.4) is 0 Å². The van der Waals surface area contributed by atoms with E-state index in [0.29, 0.717) is 35.0 Å². The fourth-order valence-corrected chi connectivity index (χ4v) is 2.73. The highest BCUT2D eigenvalue weighted by molar-refractivity contribution is 6.36. The van der Waals surface area contributed by atoms with Gasteiger partial charge in [-0.15, -0.1) is 0 Å². The molecule has 28 heavy (non-hydrogen) atoms. The third-order valence-electron chi connectivity index (χ3n) is 3.92. The summed E-state index contributed by atoms with van der Waals surface area (Å²) in [6.07, 6.45) is 7.06. The number of carbonyl (C=O) groups is 1. The van der Waals surface area contributed by atoms with Crippen LogP contribution >= 0.6 is 0 Å². The van der Waals surface area contributed by atoms with E-state index in [1.807, 2.05) is 56.3 Å². The van der Waals surface area contributed by atoms with E-state index < -0.39 is 0 Å². The summed E-state index contributed by atoms with van der Waals surface area (Å²) >= 11 is 0. The standard InChI is InChI=1S/C21H20N4O.C2H6/c1-2-16(9-5-6-13-22)24-20-18-11-3-4-12-19(18)21(26)25(20)17-10-7-8-15(23)14-17;1-2/h2-12,14H,1,13,22-23H2;1-2H3/b6-5-,16-9+,24-20?;. The average Bonchev–Trinajstić information content (AvgIpc) is 3.01. The zero-order valence-corrected chi connectivity index (χ0v) is 16.3. The molecule has 2 aromatic rings. The Bertz CT molecular complexity index is 941. The number of benzene rings is 2. The largest absolute Gasteiger partial charge is 0.399 e. The van der Waals surface area contributed by atoms with Crippen LogP contribution in [0.2, 0.25) is 0 Å². The van der Waals surface area contributed by atoms with E-state index in [9.17, 15) is 4.79 Å². The van der Waals surface area contributed by atoms with Gasteiger partial charge in [0.2, 0.25) is 0 Å². The van der Waals surface area contributed by atoms with Gasteiger partial charge in [0.1, 0.15) is 5.84 Å². The van der Waals surface area contributed by atoms with Crippen LogP contribution in [0.25, 0.3) is 0 Å². The van der Waals surface area contributed by atoms with Gasteiger partial charge in [-0.1, -0.05) is 56.8 Å². The lowest BCUT2D eigenvalue weighted by molar-refractivity contribution is 0.101. The van der Waals surface area contributed by atoms with E-state index in [0.717, 1.165) is 5.56 Å². The van der Waals surface area contributed by atoms with E-state index in [4.69, 9.17) is 11.5 Å². The molecule has 1 aliphatic rings. The Hall–Kier alpha value is -3.44. The van der Waals surface area contributed by atoms with E-state index in [1.165, 1.54) is 0 Å². The Labute approximate surface area is 166 Å². The molecule has 0 aromatic heterocycles. The predicted octanol–water partition coefficient (Wildman–Crippen LogP) is 4.29. The Morgan fingerprint density at radius 2 is 1.86 bits per heavy atom. The third kappa shape index (κ3) is 4.45. The summed E-state index contributed by atoms with van der Waals surface area (Å²) in [6.45, 7) is 8.24.